The molecular weight excluding hydrogens is 408 g/mol. The molecule has 0 fully saturated rings. The van der Waals surface area contributed by atoms with Gasteiger partial charge < -0.3 is 9.55 Å². The Bertz CT molecular complexity index is 1490. The molecule has 0 aliphatic heterocycles. The number of H-pyrrole nitrogens is 1. The van der Waals surface area contributed by atoms with E-state index in [1.807, 2.05) is 60.8 Å². The van der Waals surface area contributed by atoms with Crippen LogP contribution in [0, 0.1) is 0 Å². The van der Waals surface area contributed by atoms with Crippen molar-refractivity contribution in [2.24, 2.45) is 0 Å². The molecule has 0 unspecified atom stereocenters. The molecule has 7 heteroatoms. The second-order valence-corrected chi connectivity index (χ2v) is 7.86. The van der Waals surface area contributed by atoms with Crippen molar-refractivity contribution in [2.45, 2.75) is 6.54 Å². The fraction of sp³-hybridized carbons (Fsp3) is 0.0417. The lowest BCUT2D eigenvalue weighted by molar-refractivity contribution is 0.774. The Labute approximate surface area is 182 Å². The van der Waals surface area contributed by atoms with E-state index in [0.29, 0.717) is 11.6 Å². The minimum atomic E-state index is 0.605. The third-order valence-corrected chi connectivity index (χ3v) is 5.65. The van der Waals surface area contributed by atoms with E-state index in [1.165, 1.54) is 0 Å². The van der Waals surface area contributed by atoms with E-state index in [-0.39, 0.29) is 0 Å². The molecule has 1 N–H and O–H groups in total. The van der Waals surface area contributed by atoms with Crippen molar-refractivity contribution in [1.29, 1.82) is 0 Å². The summed E-state index contributed by atoms with van der Waals surface area (Å²) in [6, 6.07) is 23.9. The van der Waals surface area contributed by atoms with Crippen LogP contribution in [0.2, 0.25) is 5.02 Å². The van der Waals surface area contributed by atoms with Crippen molar-refractivity contribution in [2.75, 3.05) is 0 Å². The number of benzene rings is 3. The maximum Gasteiger partial charge on any atom is 0.140 e. The highest BCUT2D eigenvalue weighted by atomic mass is 35.5. The summed E-state index contributed by atoms with van der Waals surface area (Å²) < 4.78 is 3.95. The van der Waals surface area contributed by atoms with E-state index >= 15 is 0 Å². The average molecular weight is 425 g/mol. The fourth-order valence-electron chi connectivity index (χ4n) is 3.91. The quantitative estimate of drug-likeness (QED) is 0.408. The Morgan fingerprint density at radius 1 is 0.871 bits per heavy atom. The summed E-state index contributed by atoms with van der Waals surface area (Å²) in [6.45, 7) is 0.605. The number of rotatable bonds is 4. The number of aromatic amines is 1. The zero-order chi connectivity index (χ0) is 20.8. The molecule has 150 valence electrons. The number of hydrogen-bond acceptors (Lipinski definition) is 3. The van der Waals surface area contributed by atoms with Gasteiger partial charge in [0.15, 0.2) is 0 Å². The van der Waals surface area contributed by atoms with E-state index in [2.05, 4.69) is 44.3 Å². The minimum Gasteiger partial charge on any atom is -0.341 e. The summed E-state index contributed by atoms with van der Waals surface area (Å²) in [6.07, 6.45) is 4.07. The molecular formula is C24H17ClN6. The summed E-state index contributed by atoms with van der Waals surface area (Å²) in [4.78, 5) is 8.24. The van der Waals surface area contributed by atoms with Gasteiger partial charge in [-0.25, -0.2) is 9.67 Å². The van der Waals surface area contributed by atoms with Crippen LogP contribution in [0.3, 0.4) is 0 Å². The first-order chi connectivity index (χ1) is 15.2. The number of para-hydroxylation sites is 3. The molecule has 3 aromatic heterocycles. The Morgan fingerprint density at radius 2 is 1.68 bits per heavy atom. The van der Waals surface area contributed by atoms with Gasteiger partial charge in [0, 0.05) is 27.7 Å². The van der Waals surface area contributed by atoms with Crippen LogP contribution in [0.4, 0.5) is 0 Å². The van der Waals surface area contributed by atoms with Gasteiger partial charge >= 0.3 is 0 Å². The molecule has 0 aliphatic rings. The van der Waals surface area contributed by atoms with Crippen molar-refractivity contribution >= 4 is 33.5 Å². The number of nitrogens with zero attached hydrogens (tertiary/aromatic N) is 5. The summed E-state index contributed by atoms with van der Waals surface area (Å²) in [5, 5.41) is 10.5. The largest absolute Gasteiger partial charge is 0.341 e. The molecule has 0 saturated heterocycles. The van der Waals surface area contributed by atoms with E-state index in [9.17, 15) is 0 Å². The van der Waals surface area contributed by atoms with Crippen LogP contribution >= 0.6 is 11.6 Å². The van der Waals surface area contributed by atoms with Gasteiger partial charge in [-0.05, 0) is 42.5 Å². The van der Waals surface area contributed by atoms with Gasteiger partial charge in [0.1, 0.15) is 11.5 Å². The first-order valence-corrected chi connectivity index (χ1v) is 10.3. The first-order valence-electron chi connectivity index (χ1n) is 9.95. The third kappa shape index (κ3) is 3.17. The zero-order valence-electron chi connectivity index (χ0n) is 16.4. The Balaban J connectivity index is 1.39. The van der Waals surface area contributed by atoms with Crippen molar-refractivity contribution < 1.29 is 0 Å². The van der Waals surface area contributed by atoms with E-state index in [1.54, 1.807) is 4.68 Å². The van der Waals surface area contributed by atoms with Gasteiger partial charge in [0.2, 0.25) is 0 Å². The molecule has 0 radical (unpaired) electrons. The zero-order valence-corrected chi connectivity index (χ0v) is 17.2. The molecule has 6 aromatic rings. The van der Waals surface area contributed by atoms with Crippen LogP contribution in [0.25, 0.3) is 39.0 Å². The lowest BCUT2D eigenvalue weighted by Gasteiger charge is -2.02. The first kappa shape index (κ1) is 17.9. The molecule has 6 nitrogen and oxygen atoms in total. The van der Waals surface area contributed by atoms with Crippen LogP contribution < -0.4 is 0 Å². The topological polar surface area (TPSA) is 64.3 Å². The van der Waals surface area contributed by atoms with Crippen molar-refractivity contribution in [3.8, 4) is 17.1 Å². The van der Waals surface area contributed by atoms with Crippen LogP contribution in [0.1, 0.15) is 5.69 Å². The van der Waals surface area contributed by atoms with Gasteiger partial charge in [-0.15, -0.1) is 5.10 Å². The highest BCUT2D eigenvalue weighted by molar-refractivity contribution is 6.30. The molecule has 0 saturated carbocycles. The van der Waals surface area contributed by atoms with Gasteiger partial charge in [-0.3, -0.25) is 0 Å². The number of halogens is 1. The molecule has 3 heterocycles. The highest BCUT2D eigenvalue weighted by Crippen LogP contribution is 2.30. The van der Waals surface area contributed by atoms with E-state index < -0.39 is 0 Å². The van der Waals surface area contributed by atoms with E-state index in [4.69, 9.17) is 16.6 Å². The van der Waals surface area contributed by atoms with Crippen molar-refractivity contribution in [3.05, 3.63) is 95.9 Å². The number of imidazole rings is 1. The second kappa shape index (κ2) is 7.11. The standard InChI is InChI=1S/C24H17ClN6/c25-16-9-11-18(12-10-16)31-14-17(28-29-31)13-30-15-20(19-5-1-4-8-23(19)30)24-26-21-6-2-3-7-22(21)27-24/h1-12,14-15H,13H2,(H,26,27). The predicted octanol–water partition coefficient (Wildman–Crippen LogP) is 5.47. The molecule has 0 bridgehead atoms. The molecule has 3 aromatic carbocycles. The van der Waals surface area contributed by atoms with Crippen LogP contribution in [0.5, 0.6) is 0 Å². The summed E-state index contributed by atoms with van der Waals surface area (Å²) in [7, 11) is 0. The van der Waals surface area contributed by atoms with Crippen molar-refractivity contribution in [3.63, 3.8) is 0 Å². The van der Waals surface area contributed by atoms with Crippen LogP contribution in [-0.4, -0.2) is 29.5 Å². The Kier molecular flexibility index (Phi) is 4.11. The van der Waals surface area contributed by atoms with Gasteiger partial charge in [-0.1, -0.05) is 47.1 Å². The SMILES string of the molecule is Clc1ccc(-n2cc(Cn3cc(-c4nc5ccccc5[nH]4)c4ccccc43)nn2)cc1. The third-order valence-electron chi connectivity index (χ3n) is 5.40. The second-order valence-electron chi connectivity index (χ2n) is 7.42. The maximum atomic E-state index is 5.99. The van der Waals surface area contributed by atoms with Crippen LogP contribution in [0.15, 0.2) is 85.2 Å². The van der Waals surface area contributed by atoms with Crippen molar-refractivity contribution in [1.82, 2.24) is 29.5 Å². The molecule has 0 atom stereocenters. The minimum absolute atomic E-state index is 0.605. The van der Waals surface area contributed by atoms with Crippen LogP contribution in [-0.2, 0) is 6.54 Å². The number of fused-ring (bicyclic) bond motifs is 2. The molecule has 0 amide bonds. The lowest BCUT2D eigenvalue weighted by atomic mass is 10.2. The number of hydrogen-bond donors (Lipinski definition) is 1. The lowest BCUT2D eigenvalue weighted by Crippen LogP contribution is -1.98. The van der Waals surface area contributed by atoms with E-state index in [0.717, 1.165) is 44.7 Å². The Morgan fingerprint density at radius 3 is 2.55 bits per heavy atom. The predicted molar refractivity (Wildman–Crippen MR) is 122 cm³/mol. The normalized spacial score (nSPS) is 11.5. The van der Waals surface area contributed by atoms with Gasteiger partial charge in [0.25, 0.3) is 0 Å². The highest BCUT2D eigenvalue weighted by Gasteiger charge is 2.14. The monoisotopic (exact) mass is 424 g/mol. The fourth-order valence-corrected chi connectivity index (χ4v) is 4.04. The molecule has 0 spiro atoms. The van der Waals surface area contributed by atoms with Gasteiger partial charge in [-0.2, -0.15) is 0 Å². The molecule has 31 heavy (non-hydrogen) atoms. The summed E-state index contributed by atoms with van der Waals surface area (Å²) >= 11 is 5.99. The Hall–Kier alpha value is -3.90. The number of nitrogens with one attached hydrogen (secondary N) is 1. The number of aromatic nitrogens is 6. The summed E-state index contributed by atoms with van der Waals surface area (Å²) in [5.41, 5.74) is 5.96. The average Bonchev–Trinajstić information content (AvgIpc) is 3.52. The smallest absolute Gasteiger partial charge is 0.140 e. The summed E-state index contributed by atoms with van der Waals surface area (Å²) in [5.74, 6) is 0.862. The maximum absolute atomic E-state index is 5.99. The molecule has 0 aliphatic carbocycles. The molecule has 6 rings (SSSR count). The van der Waals surface area contributed by atoms with Gasteiger partial charge in [0.05, 0.1) is 29.5 Å².